The van der Waals surface area contributed by atoms with E-state index < -0.39 is 0 Å². The molecule has 1 heterocycles. The first-order chi connectivity index (χ1) is 8.21. The second-order valence-corrected chi connectivity index (χ2v) is 3.32. The van der Waals surface area contributed by atoms with Crippen molar-refractivity contribution in [1.29, 1.82) is 0 Å². The van der Waals surface area contributed by atoms with Crippen LogP contribution in [-0.2, 0) is 4.74 Å². The fourth-order valence-electron chi connectivity index (χ4n) is 1.23. The van der Waals surface area contributed by atoms with Crippen molar-refractivity contribution in [3.63, 3.8) is 0 Å². The van der Waals surface area contributed by atoms with E-state index in [1.54, 1.807) is 29.1 Å². The topological polar surface area (TPSA) is 31.2 Å². The summed E-state index contributed by atoms with van der Waals surface area (Å²) in [6.45, 7) is 5.66. The number of rotatable bonds is 3. The minimum atomic E-state index is -0.358. The molecule has 0 N–H and O–H groups in total. The van der Waals surface area contributed by atoms with E-state index in [4.69, 9.17) is 0 Å². The Hall–Kier alpha value is -2.21. The molecular weight excluding hydrogens is 214 g/mol. The molecule has 3 heteroatoms. The third kappa shape index (κ3) is 3.69. The third-order valence-electron chi connectivity index (χ3n) is 2.16. The van der Waals surface area contributed by atoms with Gasteiger partial charge in [-0.15, -0.1) is 0 Å². The van der Waals surface area contributed by atoms with Crippen LogP contribution in [0.2, 0.25) is 0 Å². The predicted octanol–water partition coefficient (Wildman–Crippen LogP) is 2.61. The fourth-order valence-corrected chi connectivity index (χ4v) is 1.23. The summed E-state index contributed by atoms with van der Waals surface area (Å²) in [6, 6.07) is 4.59. The number of hydrogen-bond donors (Lipinski definition) is 0. The fraction of sp³-hybridized carbons (Fsp3) is 0.214. The lowest BCUT2D eigenvalue weighted by Crippen LogP contribution is -1.98. The Bertz CT molecular complexity index is 498. The van der Waals surface area contributed by atoms with Crippen molar-refractivity contribution >= 4 is 5.97 Å². The number of ether oxygens (including phenoxy) is 1. The second-order valence-electron chi connectivity index (χ2n) is 3.32. The van der Waals surface area contributed by atoms with Gasteiger partial charge < -0.3 is 4.74 Å². The molecule has 0 aliphatic rings. The van der Waals surface area contributed by atoms with Gasteiger partial charge in [-0.25, -0.2) is 4.79 Å². The first-order valence-corrected chi connectivity index (χ1v) is 5.31. The highest BCUT2D eigenvalue weighted by atomic mass is 16.5. The molecule has 17 heavy (non-hydrogen) atoms. The second kappa shape index (κ2) is 6.39. The van der Waals surface area contributed by atoms with Crippen LogP contribution in [0.1, 0.15) is 23.7 Å². The zero-order valence-corrected chi connectivity index (χ0v) is 10.1. The molecule has 0 fully saturated rings. The van der Waals surface area contributed by atoms with Crippen LogP contribution in [0, 0.1) is 12.0 Å². The highest BCUT2D eigenvalue weighted by molar-refractivity contribution is 5.89. The van der Waals surface area contributed by atoms with Crippen LogP contribution in [0.3, 0.4) is 0 Å². The molecule has 0 amide bonds. The number of hydrogen-bond acceptors (Lipinski definition) is 2. The SMILES string of the molecule is C=CC=C(C#Cn1ccc(C(=O)OC)c1)CC. The van der Waals surface area contributed by atoms with Crippen molar-refractivity contribution in [2.24, 2.45) is 0 Å². The van der Waals surface area contributed by atoms with Gasteiger partial charge in [0.25, 0.3) is 0 Å². The normalized spacial score (nSPS) is 10.4. The van der Waals surface area contributed by atoms with Gasteiger partial charge in [-0.05, 0) is 18.4 Å². The lowest BCUT2D eigenvalue weighted by molar-refractivity contribution is 0.0601. The number of carbonyl (C=O) groups is 1. The van der Waals surface area contributed by atoms with Gasteiger partial charge >= 0.3 is 5.97 Å². The van der Waals surface area contributed by atoms with Gasteiger partial charge in [0.05, 0.1) is 12.7 Å². The summed E-state index contributed by atoms with van der Waals surface area (Å²) < 4.78 is 6.25. The molecule has 0 aliphatic heterocycles. The average Bonchev–Trinajstić information content (AvgIpc) is 2.82. The van der Waals surface area contributed by atoms with Crippen molar-refractivity contribution in [1.82, 2.24) is 4.57 Å². The van der Waals surface area contributed by atoms with E-state index >= 15 is 0 Å². The largest absolute Gasteiger partial charge is 0.465 e. The Balaban J connectivity index is 2.86. The van der Waals surface area contributed by atoms with Crippen LogP contribution in [0.15, 0.2) is 42.8 Å². The summed E-state index contributed by atoms with van der Waals surface area (Å²) in [5, 5.41) is 0. The number of esters is 1. The van der Waals surface area contributed by atoms with Crippen LogP contribution in [0.5, 0.6) is 0 Å². The van der Waals surface area contributed by atoms with Crippen LogP contribution in [0.25, 0.3) is 0 Å². The summed E-state index contributed by atoms with van der Waals surface area (Å²) in [7, 11) is 1.35. The molecule has 0 saturated heterocycles. The Kier molecular flexibility index (Phi) is 4.83. The van der Waals surface area contributed by atoms with E-state index in [1.165, 1.54) is 7.11 Å². The molecule has 0 bridgehead atoms. The number of methoxy groups -OCH3 is 1. The zero-order chi connectivity index (χ0) is 12.7. The molecule has 0 radical (unpaired) electrons. The summed E-state index contributed by atoms with van der Waals surface area (Å²) in [4.78, 5) is 11.2. The molecule has 88 valence electrons. The highest BCUT2D eigenvalue weighted by Gasteiger charge is 2.05. The molecule has 0 unspecified atom stereocenters. The Morgan fingerprint density at radius 1 is 1.65 bits per heavy atom. The smallest absolute Gasteiger partial charge is 0.339 e. The van der Waals surface area contributed by atoms with E-state index in [2.05, 4.69) is 23.3 Å². The summed E-state index contributed by atoms with van der Waals surface area (Å²) in [5.74, 6) is 2.65. The summed E-state index contributed by atoms with van der Waals surface area (Å²) >= 11 is 0. The van der Waals surface area contributed by atoms with Crippen LogP contribution < -0.4 is 0 Å². The maximum absolute atomic E-state index is 11.2. The molecule has 0 spiro atoms. The van der Waals surface area contributed by atoms with E-state index in [0.29, 0.717) is 5.56 Å². The minimum absolute atomic E-state index is 0.358. The quantitative estimate of drug-likeness (QED) is 0.453. The molecule has 1 aromatic rings. The highest BCUT2D eigenvalue weighted by Crippen LogP contribution is 2.02. The van der Waals surface area contributed by atoms with Gasteiger partial charge in [0.15, 0.2) is 0 Å². The average molecular weight is 229 g/mol. The molecule has 0 saturated carbocycles. The molecule has 1 aromatic heterocycles. The van der Waals surface area contributed by atoms with Gasteiger partial charge in [0.1, 0.15) is 0 Å². The summed E-state index contributed by atoms with van der Waals surface area (Å²) in [5.41, 5.74) is 1.49. The van der Waals surface area contributed by atoms with Crippen LogP contribution in [0.4, 0.5) is 0 Å². The summed E-state index contributed by atoms with van der Waals surface area (Å²) in [6.07, 6.45) is 7.80. The standard InChI is InChI=1S/C14H15NO2/c1-4-6-12(5-2)7-9-15-10-8-13(11-15)14(16)17-3/h4,6,8,10-11H,1,5H2,2-3H3. The van der Waals surface area contributed by atoms with Gasteiger partial charge in [-0.3, -0.25) is 4.57 Å². The van der Waals surface area contributed by atoms with Crippen molar-refractivity contribution in [3.05, 3.63) is 48.3 Å². The Morgan fingerprint density at radius 2 is 2.41 bits per heavy atom. The maximum Gasteiger partial charge on any atom is 0.339 e. The maximum atomic E-state index is 11.2. The lowest BCUT2D eigenvalue weighted by Gasteiger charge is -1.92. The predicted molar refractivity (Wildman–Crippen MR) is 67.5 cm³/mol. The number of nitrogens with zero attached hydrogens (tertiary/aromatic N) is 1. The van der Waals surface area contributed by atoms with E-state index in [-0.39, 0.29) is 5.97 Å². The van der Waals surface area contributed by atoms with Gasteiger partial charge in [0, 0.05) is 24.0 Å². The van der Waals surface area contributed by atoms with Crippen molar-refractivity contribution in [2.45, 2.75) is 13.3 Å². The molecule has 0 aromatic carbocycles. The zero-order valence-electron chi connectivity index (χ0n) is 10.1. The number of allylic oxidation sites excluding steroid dienone is 3. The van der Waals surface area contributed by atoms with Crippen LogP contribution in [-0.4, -0.2) is 17.6 Å². The van der Waals surface area contributed by atoms with E-state index in [9.17, 15) is 4.79 Å². The van der Waals surface area contributed by atoms with Crippen LogP contribution >= 0.6 is 0 Å². The molecule has 0 atom stereocenters. The Labute approximate surface area is 101 Å². The number of aromatic nitrogens is 1. The van der Waals surface area contributed by atoms with Gasteiger partial charge in [-0.1, -0.05) is 25.7 Å². The monoisotopic (exact) mass is 229 g/mol. The molecule has 1 rings (SSSR count). The van der Waals surface area contributed by atoms with Gasteiger partial charge in [0.2, 0.25) is 0 Å². The van der Waals surface area contributed by atoms with Crippen molar-refractivity contribution < 1.29 is 9.53 Å². The van der Waals surface area contributed by atoms with Crippen molar-refractivity contribution in [2.75, 3.05) is 7.11 Å². The van der Waals surface area contributed by atoms with E-state index in [1.807, 2.05) is 13.0 Å². The third-order valence-corrected chi connectivity index (χ3v) is 2.16. The first-order valence-electron chi connectivity index (χ1n) is 5.31. The lowest BCUT2D eigenvalue weighted by atomic mass is 10.2. The molecule has 0 aliphatic carbocycles. The molecule has 3 nitrogen and oxygen atoms in total. The van der Waals surface area contributed by atoms with Crippen molar-refractivity contribution in [3.8, 4) is 12.0 Å². The molecular formula is C14H15NO2. The number of carbonyl (C=O) groups excluding carboxylic acids is 1. The van der Waals surface area contributed by atoms with Gasteiger partial charge in [-0.2, -0.15) is 0 Å². The van der Waals surface area contributed by atoms with E-state index in [0.717, 1.165) is 12.0 Å². The minimum Gasteiger partial charge on any atom is -0.465 e. The first kappa shape index (κ1) is 12.9. The Morgan fingerprint density at radius 3 is 3.00 bits per heavy atom.